The quantitative estimate of drug-likeness (QED) is 0.774. The molecule has 0 aliphatic heterocycles. The van der Waals surface area contributed by atoms with Gasteiger partial charge in [-0.25, -0.2) is 12.8 Å². The van der Waals surface area contributed by atoms with E-state index < -0.39 is 15.7 Å². The maximum Gasteiger partial charge on any atom is 0.175 e. The van der Waals surface area contributed by atoms with Crippen LogP contribution in [0.3, 0.4) is 0 Å². The van der Waals surface area contributed by atoms with E-state index in [1.165, 1.54) is 6.07 Å². The van der Waals surface area contributed by atoms with Crippen molar-refractivity contribution in [3.05, 3.63) is 36.1 Å². The second kappa shape index (κ2) is 3.45. The molecular formula is C11H10FNO2S. The van der Waals surface area contributed by atoms with E-state index in [0.29, 0.717) is 16.5 Å². The molecule has 0 fully saturated rings. The Morgan fingerprint density at radius 1 is 1.19 bits per heavy atom. The molecule has 0 unspecified atom stereocenters. The van der Waals surface area contributed by atoms with Gasteiger partial charge >= 0.3 is 0 Å². The summed E-state index contributed by atoms with van der Waals surface area (Å²) in [6.45, 7) is 0. The van der Waals surface area contributed by atoms with Crippen LogP contribution in [-0.4, -0.2) is 14.7 Å². The number of hydrogen-bond acceptors (Lipinski definition) is 3. The van der Waals surface area contributed by atoms with Crippen molar-refractivity contribution >= 4 is 26.3 Å². The second-order valence-corrected chi connectivity index (χ2v) is 5.64. The third kappa shape index (κ3) is 1.74. The molecule has 16 heavy (non-hydrogen) atoms. The monoisotopic (exact) mass is 239 g/mol. The van der Waals surface area contributed by atoms with Gasteiger partial charge in [0.25, 0.3) is 0 Å². The van der Waals surface area contributed by atoms with E-state index in [9.17, 15) is 12.8 Å². The second-order valence-electron chi connectivity index (χ2n) is 3.62. The smallest absolute Gasteiger partial charge is 0.175 e. The third-order valence-corrected chi connectivity index (χ3v) is 3.47. The van der Waals surface area contributed by atoms with Crippen molar-refractivity contribution in [3.63, 3.8) is 0 Å². The summed E-state index contributed by atoms with van der Waals surface area (Å²) in [5, 5.41) is 0.746. The molecule has 0 saturated heterocycles. The molecule has 0 atom stereocenters. The van der Waals surface area contributed by atoms with Crippen molar-refractivity contribution in [2.24, 2.45) is 0 Å². The Bertz CT molecular complexity index is 665. The standard InChI is InChI=1S/C11H10FNO2S/c1-16(14,15)7-5-9-8(10(12)6-7)3-2-4-11(9)13/h2-6H,13H2,1H3. The first-order valence-electron chi connectivity index (χ1n) is 4.57. The summed E-state index contributed by atoms with van der Waals surface area (Å²) in [4.78, 5) is -0.0598. The van der Waals surface area contributed by atoms with E-state index in [1.807, 2.05) is 0 Å². The van der Waals surface area contributed by atoms with Crippen molar-refractivity contribution in [3.8, 4) is 0 Å². The van der Waals surface area contributed by atoms with Crippen molar-refractivity contribution in [2.75, 3.05) is 12.0 Å². The fourth-order valence-electron chi connectivity index (χ4n) is 1.55. The molecular weight excluding hydrogens is 229 g/mol. The molecule has 2 aromatic carbocycles. The lowest BCUT2D eigenvalue weighted by Gasteiger charge is -2.05. The zero-order valence-electron chi connectivity index (χ0n) is 8.57. The molecule has 2 N–H and O–H groups in total. The molecule has 0 radical (unpaired) electrons. The molecule has 0 saturated carbocycles. The van der Waals surface area contributed by atoms with Crippen molar-refractivity contribution in [1.82, 2.24) is 0 Å². The summed E-state index contributed by atoms with van der Waals surface area (Å²) in [6, 6.07) is 7.20. The zero-order valence-corrected chi connectivity index (χ0v) is 9.38. The minimum absolute atomic E-state index is 0.0598. The minimum atomic E-state index is -3.43. The Morgan fingerprint density at radius 3 is 2.50 bits per heavy atom. The fourth-order valence-corrected chi connectivity index (χ4v) is 2.20. The van der Waals surface area contributed by atoms with Crippen LogP contribution in [0.25, 0.3) is 10.8 Å². The van der Waals surface area contributed by atoms with Gasteiger partial charge in [-0.2, -0.15) is 0 Å². The van der Waals surface area contributed by atoms with Gasteiger partial charge in [-0.1, -0.05) is 12.1 Å². The molecule has 0 aliphatic rings. The largest absolute Gasteiger partial charge is 0.398 e. The molecule has 0 amide bonds. The van der Waals surface area contributed by atoms with Crippen molar-refractivity contribution in [2.45, 2.75) is 4.90 Å². The van der Waals surface area contributed by atoms with Gasteiger partial charge in [0.15, 0.2) is 9.84 Å². The summed E-state index contributed by atoms with van der Waals surface area (Å²) in [7, 11) is -3.43. The van der Waals surface area contributed by atoms with E-state index in [2.05, 4.69) is 0 Å². The molecule has 3 nitrogen and oxygen atoms in total. The Morgan fingerprint density at radius 2 is 1.88 bits per heavy atom. The SMILES string of the molecule is CS(=O)(=O)c1cc(F)c2cccc(N)c2c1. The molecule has 0 aliphatic carbocycles. The van der Waals surface area contributed by atoms with E-state index >= 15 is 0 Å². The lowest BCUT2D eigenvalue weighted by atomic mass is 10.1. The number of anilines is 1. The molecule has 2 rings (SSSR count). The number of rotatable bonds is 1. The van der Waals surface area contributed by atoms with Gasteiger partial charge in [-0.05, 0) is 18.2 Å². The maximum atomic E-state index is 13.6. The van der Waals surface area contributed by atoms with Gasteiger partial charge in [-0.3, -0.25) is 0 Å². The average molecular weight is 239 g/mol. The summed E-state index contributed by atoms with van der Waals surface area (Å²) in [6.07, 6.45) is 1.03. The highest BCUT2D eigenvalue weighted by Crippen LogP contribution is 2.26. The summed E-state index contributed by atoms with van der Waals surface area (Å²) < 4.78 is 36.3. The summed E-state index contributed by atoms with van der Waals surface area (Å²) in [5.41, 5.74) is 6.04. The Balaban J connectivity index is 2.91. The number of fused-ring (bicyclic) bond motifs is 1. The predicted molar refractivity (Wildman–Crippen MR) is 61.4 cm³/mol. The Labute approximate surface area is 92.6 Å². The number of sulfone groups is 1. The normalized spacial score (nSPS) is 11.9. The number of halogens is 1. The first-order chi connectivity index (χ1) is 7.39. The highest BCUT2D eigenvalue weighted by atomic mass is 32.2. The number of nitrogens with two attached hydrogens (primary N) is 1. The molecule has 0 spiro atoms. The van der Waals surface area contributed by atoms with E-state index in [4.69, 9.17) is 5.73 Å². The summed E-state index contributed by atoms with van der Waals surface area (Å²) in [5.74, 6) is -0.578. The lowest BCUT2D eigenvalue weighted by molar-refractivity contribution is 0.598. The minimum Gasteiger partial charge on any atom is -0.398 e. The van der Waals surface area contributed by atoms with Crippen LogP contribution in [-0.2, 0) is 9.84 Å². The van der Waals surface area contributed by atoms with Crippen LogP contribution in [0.15, 0.2) is 35.2 Å². The Kier molecular flexibility index (Phi) is 2.35. The molecule has 0 bridgehead atoms. The molecule has 5 heteroatoms. The molecule has 2 aromatic rings. The van der Waals surface area contributed by atoms with Crippen molar-refractivity contribution < 1.29 is 12.8 Å². The van der Waals surface area contributed by atoms with Crippen LogP contribution >= 0.6 is 0 Å². The fraction of sp³-hybridized carbons (Fsp3) is 0.0909. The number of hydrogen-bond donors (Lipinski definition) is 1. The Hall–Kier alpha value is -1.62. The van der Waals surface area contributed by atoms with Crippen LogP contribution in [0.5, 0.6) is 0 Å². The van der Waals surface area contributed by atoms with Crippen LogP contribution in [0.4, 0.5) is 10.1 Å². The molecule has 0 heterocycles. The van der Waals surface area contributed by atoms with E-state index in [-0.39, 0.29) is 4.90 Å². The highest BCUT2D eigenvalue weighted by molar-refractivity contribution is 7.90. The van der Waals surface area contributed by atoms with Gasteiger partial charge in [0, 0.05) is 22.7 Å². The molecule has 84 valence electrons. The van der Waals surface area contributed by atoms with Gasteiger partial charge in [0.1, 0.15) is 5.82 Å². The number of benzene rings is 2. The zero-order chi connectivity index (χ0) is 11.9. The predicted octanol–water partition coefficient (Wildman–Crippen LogP) is 1.96. The van der Waals surface area contributed by atoms with Crippen LogP contribution < -0.4 is 5.73 Å². The topological polar surface area (TPSA) is 60.2 Å². The van der Waals surface area contributed by atoms with Gasteiger partial charge < -0.3 is 5.73 Å². The average Bonchev–Trinajstić information content (AvgIpc) is 2.18. The first-order valence-corrected chi connectivity index (χ1v) is 6.46. The van der Waals surface area contributed by atoms with Gasteiger partial charge in [0.2, 0.25) is 0 Å². The first kappa shape index (κ1) is 10.9. The van der Waals surface area contributed by atoms with Crippen LogP contribution in [0.2, 0.25) is 0 Å². The lowest BCUT2D eigenvalue weighted by Crippen LogP contribution is -1.99. The van der Waals surface area contributed by atoms with Crippen molar-refractivity contribution in [1.29, 1.82) is 0 Å². The number of nitrogen functional groups attached to an aromatic ring is 1. The van der Waals surface area contributed by atoms with Gasteiger partial charge in [-0.15, -0.1) is 0 Å². The molecule has 0 aromatic heterocycles. The van der Waals surface area contributed by atoms with Crippen LogP contribution in [0, 0.1) is 5.82 Å². The highest BCUT2D eigenvalue weighted by Gasteiger charge is 2.12. The summed E-state index contributed by atoms with van der Waals surface area (Å²) >= 11 is 0. The van der Waals surface area contributed by atoms with E-state index in [0.717, 1.165) is 12.3 Å². The van der Waals surface area contributed by atoms with Gasteiger partial charge in [0.05, 0.1) is 4.90 Å². The maximum absolute atomic E-state index is 13.6. The van der Waals surface area contributed by atoms with Crippen LogP contribution in [0.1, 0.15) is 0 Å². The third-order valence-electron chi connectivity index (χ3n) is 2.38. The van der Waals surface area contributed by atoms with E-state index in [1.54, 1.807) is 18.2 Å².